The molecule has 0 bridgehead atoms. The van der Waals surface area contributed by atoms with E-state index >= 15 is 0 Å². The molecule has 132 valence electrons. The van der Waals surface area contributed by atoms with Crippen molar-refractivity contribution in [2.75, 3.05) is 27.2 Å². The van der Waals surface area contributed by atoms with Gasteiger partial charge in [-0.1, -0.05) is 30.3 Å². The fourth-order valence-corrected chi connectivity index (χ4v) is 4.17. The predicted molar refractivity (Wildman–Crippen MR) is 96.0 cm³/mol. The molecule has 0 spiro atoms. The second-order valence-electron chi connectivity index (χ2n) is 7.43. The maximum atomic E-state index is 13.3. The van der Waals surface area contributed by atoms with E-state index in [2.05, 4.69) is 29.4 Å². The summed E-state index contributed by atoms with van der Waals surface area (Å²) in [5, 5.41) is 3.37. The lowest BCUT2D eigenvalue weighted by atomic mass is 9.71. The fraction of sp³-hybridized carbons (Fsp3) is 0.650. The van der Waals surface area contributed by atoms with Crippen LogP contribution in [0.3, 0.4) is 0 Å². The van der Waals surface area contributed by atoms with Crippen LogP contribution in [-0.2, 0) is 14.9 Å². The molecule has 2 aliphatic rings. The van der Waals surface area contributed by atoms with E-state index in [0.29, 0.717) is 12.1 Å². The van der Waals surface area contributed by atoms with Crippen LogP contribution < -0.4 is 5.32 Å². The number of likely N-dealkylation sites (tertiary alicyclic amines) is 1. The molecular weight excluding hydrogens is 300 g/mol. The van der Waals surface area contributed by atoms with Crippen LogP contribution in [0.2, 0.25) is 0 Å². The molecule has 24 heavy (non-hydrogen) atoms. The van der Waals surface area contributed by atoms with Gasteiger partial charge in [-0.25, -0.2) is 0 Å². The molecule has 1 saturated carbocycles. The van der Waals surface area contributed by atoms with Crippen LogP contribution in [0.1, 0.15) is 44.1 Å². The largest absolute Gasteiger partial charge is 0.381 e. The number of amides is 1. The number of carbonyl (C=O) groups excluding carboxylic acids is 1. The number of ether oxygens (including phenoxy) is 1. The number of rotatable bonds is 4. The quantitative estimate of drug-likeness (QED) is 0.923. The summed E-state index contributed by atoms with van der Waals surface area (Å²) in [6.07, 6.45) is 6.29. The van der Waals surface area contributed by atoms with Crippen LogP contribution in [0.5, 0.6) is 0 Å². The van der Waals surface area contributed by atoms with E-state index in [1.165, 1.54) is 5.56 Å². The smallest absolute Gasteiger partial charge is 0.230 e. The summed E-state index contributed by atoms with van der Waals surface area (Å²) in [7, 11) is 3.92. The Balaban J connectivity index is 1.73. The van der Waals surface area contributed by atoms with Gasteiger partial charge in [0.1, 0.15) is 0 Å². The van der Waals surface area contributed by atoms with Gasteiger partial charge < -0.3 is 15.0 Å². The lowest BCUT2D eigenvalue weighted by Gasteiger charge is -2.41. The van der Waals surface area contributed by atoms with E-state index < -0.39 is 0 Å². The number of methoxy groups -OCH3 is 1. The summed E-state index contributed by atoms with van der Waals surface area (Å²) >= 11 is 0. The molecule has 1 aliphatic heterocycles. The Hall–Kier alpha value is -1.39. The summed E-state index contributed by atoms with van der Waals surface area (Å²) in [6.45, 7) is 1.94. The van der Waals surface area contributed by atoms with E-state index in [9.17, 15) is 4.79 Å². The summed E-state index contributed by atoms with van der Waals surface area (Å²) in [6, 6.07) is 10.7. The molecule has 4 heteroatoms. The highest BCUT2D eigenvalue weighted by Gasteiger charge is 2.43. The molecule has 0 aromatic heterocycles. The SMILES string of the molecule is COC1CCC(NC(=O)C2(c3ccccc3)CCN(C)CC2)CC1. The van der Waals surface area contributed by atoms with Crippen LogP contribution in [0.4, 0.5) is 0 Å². The first-order valence-electron chi connectivity index (χ1n) is 9.22. The summed E-state index contributed by atoms with van der Waals surface area (Å²) in [5.74, 6) is 0.225. The van der Waals surface area contributed by atoms with Crippen LogP contribution in [-0.4, -0.2) is 50.2 Å². The van der Waals surface area contributed by atoms with Crippen molar-refractivity contribution in [1.29, 1.82) is 0 Å². The molecule has 1 aliphatic carbocycles. The monoisotopic (exact) mass is 330 g/mol. The van der Waals surface area contributed by atoms with Gasteiger partial charge >= 0.3 is 0 Å². The number of hydrogen-bond donors (Lipinski definition) is 1. The third-order valence-corrected chi connectivity index (χ3v) is 5.94. The van der Waals surface area contributed by atoms with Crippen molar-refractivity contribution in [3.8, 4) is 0 Å². The zero-order valence-electron chi connectivity index (χ0n) is 15.0. The molecular formula is C20H30N2O2. The van der Waals surface area contributed by atoms with Gasteiger partial charge in [-0.05, 0) is 64.2 Å². The third kappa shape index (κ3) is 3.65. The summed E-state index contributed by atoms with van der Waals surface area (Å²) in [5.41, 5.74) is 0.799. The first-order chi connectivity index (χ1) is 11.6. The van der Waals surface area contributed by atoms with Crippen molar-refractivity contribution >= 4 is 5.91 Å². The number of nitrogens with zero attached hydrogens (tertiary/aromatic N) is 1. The first kappa shape index (κ1) is 17.4. The zero-order chi connectivity index (χ0) is 17.0. The Morgan fingerprint density at radius 2 is 1.75 bits per heavy atom. The molecule has 1 saturated heterocycles. The second-order valence-corrected chi connectivity index (χ2v) is 7.43. The molecule has 1 N–H and O–H groups in total. The van der Waals surface area contributed by atoms with Gasteiger partial charge in [0.15, 0.2) is 0 Å². The van der Waals surface area contributed by atoms with Gasteiger partial charge in [-0.15, -0.1) is 0 Å². The van der Waals surface area contributed by atoms with Crippen molar-refractivity contribution in [1.82, 2.24) is 10.2 Å². The van der Waals surface area contributed by atoms with Crippen LogP contribution in [0, 0.1) is 0 Å². The number of piperidine rings is 1. The average molecular weight is 330 g/mol. The maximum Gasteiger partial charge on any atom is 0.230 e. The lowest BCUT2D eigenvalue weighted by molar-refractivity contribution is -0.129. The maximum absolute atomic E-state index is 13.3. The van der Waals surface area contributed by atoms with E-state index in [-0.39, 0.29) is 11.3 Å². The van der Waals surface area contributed by atoms with Gasteiger partial charge in [-0.2, -0.15) is 0 Å². The summed E-state index contributed by atoms with van der Waals surface area (Å²) < 4.78 is 5.44. The minimum atomic E-state index is -0.369. The minimum Gasteiger partial charge on any atom is -0.381 e. The van der Waals surface area contributed by atoms with Crippen LogP contribution >= 0.6 is 0 Å². The topological polar surface area (TPSA) is 41.6 Å². The molecule has 1 aromatic rings. The average Bonchev–Trinajstić information content (AvgIpc) is 2.64. The molecule has 1 aromatic carbocycles. The molecule has 4 nitrogen and oxygen atoms in total. The standard InChI is InChI=1S/C20H30N2O2/c1-22-14-12-20(13-15-22,16-6-4-3-5-7-16)19(23)21-17-8-10-18(24-2)11-9-17/h3-7,17-18H,8-15H2,1-2H3,(H,21,23). The van der Waals surface area contributed by atoms with Crippen molar-refractivity contribution in [3.05, 3.63) is 35.9 Å². The van der Waals surface area contributed by atoms with Gasteiger partial charge in [0.2, 0.25) is 5.91 Å². The second kappa shape index (κ2) is 7.66. The number of nitrogens with one attached hydrogen (secondary N) is 1. The Bertz CT molecular complexity index is 530. The minimum absolute atomic E-state index is 0.225. The third-order valence-electron chi connectivity index (χ3n) is 5.94. The molecule has 2 fully saturated rings. The van der Waals surface area contributed by atoms with E-state index in [1.807, 2.05) is 18.2 Å². The lowest BCUT2D eigenvalue weighted by Crippen LogP contribution is -2.53. The van der Waals surface area contributed by atoms with Gasteiger partial charge in [-0.3, -0.25) is 4.79 Å². The van der Waals surface area contributed by atoms with E-state index in [4.69, 9.17) is 4.74 Å². The number of benzene rings is 1. The van der Waals surface area contributed by atoms with Gasteiger partial charge in [0, 0.05) is 13.2 Å². The highest BCUT2D eigenvalue weighted by Crippen LogP contribution is 2.36. The molecule has 1 heterocycles. The summed E-state index contributed by atoms with van der Waals surface area (Å²) in [4.78, 5) is 15.6. The first-order valence-corrected chi connectivity index (χ1v) is 9.22. The van der Waals surface area contributed by atoms with Crippen molar-refractivity contribution < 1.29 is 9.53 Å². The Morgan fingerprint density at radius 3 is 2.33 bits per heavy atom. The molecule has 0 atom stereocenters. The van der Waals surface area contributed by atoms with E-state index in [1.54, 1.807) is 7.11 Å². The number of hydrogen-bond acceptors (Lipinski definition) is 3. The Labute approximate surface area is 145 Å². The van der Waals surface area contributed by atoms with E-state index in [0.717, 1.165) is 51.6 Å². The molecule has 3 rings (SSSR count). The zero-order valence-corrected chi connectivity index (χ0v) is 15.0. The van der Waals surface area contributed by atoms with Gasteiger partial charge in [0.05, 0.1) is 11.5 Å². The van der Waals surface area contributed by atoms with Crippen LogP contribution in [0.25, 0.3) is 0 Å². The van der Waals surface area contributed by atoms with Gasteiger partial charge in [0.25, 0.3) is 0 Å². The molecule has 1 amide bonds. The van der Waals surface area contributed by atoms with Crippen molar-refractivity contribution in [2.45, 2.75) is 56.1 Å². The Kier molecular flexibility index (Phi) is 5.57. The normalized spacial score (nSPS) is 27.6. The van der Waals surface area contributed by atoms with Crippen LogP contribution in [0.15, 0.2) is 30.3 Å². The fourth-order valence-electron chi connectivity index (χ4n) is 4.17. The Morgan fingerprint density at radius 1 is 1.12 bits per heavy atom. The predicted octanol–water partition coefficient (Wildman–Crippen LogP) is 2.72. The molecule has 0 unspecified atom stereocenters. The molecule has 0 radical (unpaired) electrons. The van der Waals surface area contributed by atoms with Crippen molar-refractivity contribution in [3.63, 3.8) is 0 Å². The van der Waals surface area contributed by atoms with Crippen molar-refractivity contribution in [2.24, 2.45) is 0 Å². The highest BCUT2D eigenvalue weighted by molar-refractivity contribution is 5.88. The number of carbonyl (C=O) groups is 1. The highest BCUT2D eigenvalue weighted by atomic mass is 16.5.